The van der Waals surface area contributed by atoms with Gasteiger partial charge >= 0.3 is 6.09 Å². The summed E-state index contributed by atoms with van der Waals surface area (Å²) in [6, 6.07) is 2.13. The maximum atomic E-state index is 11.3. The molecule has 1 N–H and O–H groups in total. The highest BCUT2D eigenvalue weighted by atomic mass is 16.6. The van der Waals surface area contributed by atoms with Crippen LogP contribution in [0.25, 0.3) is 0 Å². The van der Waals surface area contributed by atoms with Gasteiger partial charge in [0.25, 0.3) is 0 Å². The van der Waals surface area contributed by atoms with E-state index in [2.05, 4.69) is 11.4 Å². The van der Waals surface area contributed by atoms with Crippen LogP contribution in [-0.2, 0) is 4.74 Å². The Labute approximate surface area is 84.2 Å². The number of alkyl carbamates (subject to hydrolysis) is 1. The van der Waals surface area contributed by atoms with Crippen molar-refractivity contribution < 1.29 is 9.53 Å². The zero-order valence-electron chi connectivity index (χ0n) is 8.83. The fraction of sp³-hybridized carbons (Fsp3) is 0.800. The fourth-order valence-electron chi connectivity index (χ4n) is 1.29. The highest BCUT2D eigenvalue weighted by Crippen LogP contribution is 2.26. The van der Waals surface area contributed by atoms with Crippen molar-refractivity contribution in [1.29, 1.82) is 5.26 Å². The summed E-state index contributed by atoms with van der Waals surface area (Å²) in [5.41, 5.74) is -0.476. The molecule has 0 unspecified atom stereocenters. The Morgan fingerprint density at radius 1 is 1.50 bits per heavy atom. The van der Waals surface area contributed by atoms with Crippen LogP contribution in [-0.4, -0.2) is 17.7 Å². The van der Waals surface area contributed by atoms with Crippen molar-refractivity contribution in [2.75, 3.05) is 0 Å². The van der Waals surface area contributed by atoms with Crippen molar-refractivity contribution in [3.05, 3.63) is 0 Å². The highest BCUT2D eigenvalue weighted by molar-refractivity contribution is 5.68. The van der Waals surface area contributed by atoms with Crippen LogP contribution in [0.2, 0.25) is 0 Å². The Morgan fingerprint density at radius 2 is 2.14 bits per heavy atom. The van der Waals surface area contributed by atoms with E-state index in [4.69, 9.17) is 10.00 Å². The highest BCUT2D eigenvalue weighted by Gasteiger charge is 2.33. The number of ether oxygens (including phenoxy) is 1. The fourth-order valence-corrected chi connectivity index (χ4v) is 1.29. The molecule has 1 aliphatic rings. The largest absolute Gasteiger partial charge is 0.444 e. The Bertz CT molecular complexity index is 262. The van der Waals surface area contributed by atoms with Gasteiger partial charge in [0, 0.05) is 6.04 Å². The summed E-state index contributed by atoms with van der Waals surface area (Å²) >= 11 is 0. The molecule has 1 fully saturated rings. The second kappa shape index (κ2) is 3.87. The lowest BCUT2D eigenvalue weighted by Crippen LogP contribution is -2.47. The van der Waals surface area contributed by atoms with E-state index in [1.54, 1.807) is 0 Å². The summed E-state index contributed by atoms with van der Waals surface area (Å²) in [6.45, 7) is 5.44. The smallest absolute Gasteiger partial charge is 0.407 e. The van der Waals surface area contributed by atoms with E-state index in [0.717, 1.165) is 12.8 Å². The van der Waals surface area contributed by atoms with Crippen molar-refractivity contribution in [1.82, 2.24) is 5.32 Å². The van der Waals surface area contributed by atoms with E-state index in [-0.39, 0.29) is 12.0 Å². The minimum Gasteiger partial charge on any atom is -0.444 e. The van der Waals surface area contributed by atoms with Gasteiger partial charge in [-0.3, -0.25) is 0 Å². The predicted octanol–water partition coefficient (Wildman–Crippen LogP) is 1.81. The van der Waals surface area contributed by atoms with E-state index >= 15 is 0 Å². The standard InChI is InChI=1S/C10H16N2O2/c1-10(2,3)14-9(13)12-8-5-4-7(8)6-11/h7-8H,4-5H2,1-3H3,(H,12,13)/t7-,8+/m0/s1. The summed E-state index contributed by atoms with van der Waals surface area (Å²) in [7, 11) is 0. The number of hydrogen-bond donors (Lipinski definition) is 1. The lowest BCUT2D eigenvalue weighted by molar-refractivity contribution is 0.0459. The van der Waals surface area contributed by atoms with Gasteiger partial charge < -0.3 is 10.1 Å². The van der Waals surface area contributed by atoms with Gasteiger partial charge in [-0.05, 0) is 33.6 Å². The number of carbonyl (C=O) groups excluding carboxylic acids is 1. The number of nitriles is 1. The zero-order chi connectivity index (χ0) is 10.8. The third-order valence-corrected chi connectivity index (χ3v) is 2.14. The van der Waals surface area contributed by atoms with E-state index in [1.165, 1.54) is 0 Å². The predicted molar refractivity (Wildman–Crippen MR) is 51.5 cm³/mol. The monoisotopic (exact) mass is 196 g/mol. The SMILES string of the molecule is CC(C)(C)OC(=O)N[C@@H]1CC[C@H]1C#N. The van der Waals surface area contributed by atoms with E-state index in [0.29, 0.717) is 0 Å². The lowest BCUT2D eigenvalue weighted by atomic mass is 9.81. The summed E-state index contributed by atoms with van der Waals surface area (Å²) in [5, 5.41) is 11.4. The molecule has 1 rings (SSSR count). The van der Waals surface area contributed by atoms with Crippen molar-refractivity contribution in [3.63, 3.8) is 0 Å². The van der Waals surface area contributed by atoms with Gasteiger partial charge in [0.15, 0.2) is 0 Å². The van der Waals surface area contributed by atoms with Crippen molar-refractivity contribution in [2.24, 2.45) is 5.92 Å². The average molecular weight is 196 g/mol. The first-order valence-electron chi connectivity index (χ1n) is 4.81. The van der Waals surface area contributed by atoms with Gasteiger partial charge in [0.05, 0.1) is 12.0 Å². The first-order valence-corrected chi connectivity index (χ1v) is 4.81. The van der Waals surface area contributed by atoms with Crippen molar-refractivity contribution in [3.8, 4) is 6.07 Å². The average Bonchev–Trinajstić information content (AvgIpc) is 1.96. The third-order valence-electron chi connectivity index (χ3n) is 2.14. The second-order valence-electron chi connectivity index (χ2n) is 4.57. The molecular formula is C10H16N2O2. The molecule has 4 nitrogen and oxygen atoms in total. The minimum atomic E-state index is -0.476. The number of rotatable bonds is 1. The molecule has 0 heterocycles. The van der Waals surface area contributed by atoms with Crippen LogP contribution in [0.3, 0.4) is 0 Å². The minimum absolute atomic E-state index is 0.0187. The molecule has 4 heteroatoms. The van der Waals surface area contributed by atoms with Gasteiger partial charge in [-0.15, -0.1) is 0 Å². The van der Waals surface area contributed by atoms with Crippen LogP contribution in [0, 0.1) is 17.2 Å². The van der Waals surface area contributed by atoms with Gasteiger partial charge in [0.1, 0.15) is 5.60 Å². The summed E-state index contributed by atoms with van der Waals surface area (Å²) in [4.78, 5) is 11.3. The first-order chi connectivity index (χ1) is 6.42. The maximum absolute atomic E-state index is 11.3. The lowest BCUT2D eigenvalue weighted by Gasteiger charge is -2.32. The van der Waals surface area contributed by atoms with Gasteiger partial charge in [0.2, 0.25) is 0 Å². The molecule has 2 atom stereocenters. The summed E-state index contributed by atoms with van der Waals surface area (Å²) in [5.74, 6) is -0.0393. The number of nitrogens with one attached hydrogen (secondary N) is 1. The van der Waals surface area contributed by atoms with E-state index < -0.39 is 11.7 Å². The Hall–Kier alpha value is -1.24. The zero-order valence-corrected chi connectivity index (χ0v) is 8.83. The molecule has 1 aliphatic carbocycles. The number of nitrogens with zero attached hydrogens (tertiary/aromatic N) is 1. The van der Waals surface area contributed by atoms with E-state index in [9.17, 15) is 4.79 Å². The number of amides is 1. The Balaban J connectivity index is 2.32. The van der Waals surface area contributed by atoms with Crippen LogP contribution in [0.5, 0.6) is 0 Å². The normalized spacial score (nSPS) is 25.9. The van der Waals surface area contributed by atoms with Crippen molar-refractivity contribution >= 4 is 6.09 Å². The molecule has 0 bridgehead atoms. The van der Waals surface area contributed by atoms with Crippen LogP contribution in [0.4, 0.5) is 4.79 Å². The molecular weight excluding hydrogens is 180 g/mol. The van der Waals surface area contributed by atoms with E-state index in [1.807, 2.05) is 20.8 Å². The molecule has 0 aromatic carbocycles. The summed E-state index contributed by atoms with van der Waals surface area (Å²) in [6.07, 6.45) is 1.32. The number of hydrogen-bond acceptors (Lipinski definition) is 3. The Morgan fingerprint density at radius 3 is 2.50 bits per heavy atom. The van der Waals surface area contributed by atoms with Crippen LogP contribution in [0.15, 0.2) is 0 Å². The quantitative estimate of drug-likeness (QED) is 0.695. The number of carbonyl (C=O) groups is 1. The molecule has 0 saturated heterocycles. The van der Waals surface area contributed by atoms with Crippen LogP contribution >= 0.6 is 0 Å². The van der Waals surface area contributed by atoms with Gasteiger partial charge in [-0.25, -0.2) is 4.79 Å². The Kier molecular flexibility index (Phi) is 3.00. The molecule has 0 aromatic heterocycles. The third kappa shape index (κ3) is 2.91. The maximum Gasteiger partial charge on any atom is 0.407 e. The molecule has 0 radical (unpaired) electrons. The molecule has 0 spiro atoms. The van der Waals surface area contributed by atoms with Crippen LogP contribution in [0.1, 0.15) is 33.6 Å². The molecule has 78 valence electrons. The topological polar surface area (TPSA) is 62.1 Å². The van der Waals surface area contributed by atoms with Gasteiger partial charge in [-0.1, -0.05) is 0 Å². The summed E-state index contributed by atoms with van der Waals surface area (Å²) < 4.78 is 5.08. The molecule has 1 amide bonds. The molecule has 1 saturated carbocycles. The van der Waals surface area contributed by atoms with Crippen molar-refractivity contribution in [2.45, 2.75) is 45.3 Å². The first kappa shape index (κ1) is 10.8. The molecule has 0 aliphatic heterocycles. The second-order valence-corrected chi connectivity index (χ2v) is 4.57. The van der Waals surface area contributed by atoms with Gasteiger partial charge in [-0.2, -0.15) is 5.26 Å². The molecule has 14 heavy (non-hydrogen) atoms. The van der Waals surface area contributed by atoms with Crippen LogP contribution < -0.4 is 5.32 Å². The molecule has 0 aromatic rings.